The van der Waals surface area contributed by atoms with Crippen LogP contribution in [-0.4, -0.2) is 5.78 Å². The van der Waals surface area contributed by atoms with Crippen LogP contribution in [0.4, 0.5) is 0 Å². The van der Waals surface area contributed by atoms with Gasteiger partial charge in [-0.25, -0.2) is 0 Å². The fourth-order valence-electron chi connectivity index (χ4n) is 4.07. The minimum Gasteiger partial charge on any atom is -0.295 e. The van der Waals surface area contributed by atoms with Gasteiger partial charge in [0.25, 0.3) is 0 Å². The van der Waals surface area contributed by atoms with Crippen LogP contribution in [0.25, 0.3) is 0 Å². The molecule has 0 heterocycles. The minimum absolute atomic E-state index is 0.263. The Hall–Kier alpha value is -0.590. The number of carbonyl (C=O) groups excluding carboxylic acids is 1. The molecule has 90 valence electrons. The molecular formula is C15H24O. The second kappa shape index (κ2) is 4.01. The maximum atomic E-state index is 12.2. The third-order valence-corrected chi connectivity index (χ3v) is 5.00. The smallest absolute Gasteiger partial charge is 0.159 e. The molecule has 1 fully saturated rings. The second-order valence-electron chi connectivity index (χ2n) is 6.38. The Bertz CT molecular complexity index is 326. The van der Waals surface area contributed by atoms with Gasteiger partial charge in [0.05, 0.1) is 0 Å². The van der Waals surface area contributed by atoms with Crippen LogP contribution in [0.3, 0.4) is 0 Å². The third kappa shape index (κ3) is 1.74. The summed E-state index contributed by atoms with van der Waals surface area (Å²) in [5, 5.41) is 0. The highest BCUT2D eigenvalue weighted by atomic mass is 16.1. The quantitative estimate of drug-likeness (QED) is 0.653. The van der Waals surface area contributed by atoms with Gasteiger partial charge in [0.1, 0.15) is 0 Å². The summed E-state index contributed by atoms with van der Waals surface area (Å²) in [4.78, 5) is 12.2. The van der Waals surface area contributed by atoms with Crippen molar-refractivity contribution in [1.82, 2.24) is 0 Å². The molecule has 1 saturated carbocycles. The molecule has 0 aromatic rings. The maximum absolute atomic E-state index is 12.2. The summed E-state index contributed by atoms with van der Waals surface area (Å²) in [7, 11) is 0. The molecule has 2 aliphatic rings. The van der Waals surface area contributed by atoms with Crippen molar-refractivity contribution in [3.05, 3.63) is 11.6 Å². The molecule has 2 aliphatic carbocycles. The van der Waals surface area contributed by atoms with Crippen LogP contribution in [0.5, 0.6) is 0 Å². The van der Waals surface area contributed by atoms with E-state index in [1.807, 2.05) is 6.08 Å². The SMILES string of the molecule is CC1=CC(=O)[C@@H]2CC[C@@H](C(C)C)[C@]2(C)CC1. The van der Waals surface area contributed by atoms with Crippen molar-refractivity contribution in [2.45, 2.75) is 53.4 Å². The van der Waals surface area contributed by atoms with E-state index in [0.29, 0.717) is 17.6 Å². The second-order valence-corrected chi connectivity index (χ2v) is 6.38. The topological polar surface area (TPSA) is 17.1 Å². The molecule has 0 saturated heterocycles. The van der Waals surface area contributed by atoms with Crippen molar-refractivity contribution in [2.24, 2.45) is 23.2 Å². The van der Waals surface area contributed by atoms with Crippen LogP contribution in [0, 0.1) is 23.2 Å². The summed E-state index contributed by atoms with van der Waals surface area (Å²) in [6, 6.07) is 0. The lowest BCUT2D eigenvalue weighted by atomic mass is 9.66. The minimum atomic E-state index is 0.263. The van der Waals surface area contributed by atoms with Crippen molar-refractivity contribution in [3.63, 3.8) is 0 Å². The Morgan fingerprint density at radius 2 is 2.06 bits per heavy atom. The van der Waals surface area contributed by atoms with Crippen LogP contribution in [-0.2, 0) is 4.79 Å². The summed E-state index contributed by atoms with van der Waals surface area (Å²) in [6.07, 6.45) is 6.59. The van der Waals surface area contributed by atoms with E-state index in [1.54, 1.807) is 0 Å². The number of rotatable bonds is 1. The van der Waals surface area contributed by atoms with Crippen molar-refractivity contribution in [2.75, 3.05) is 0 Å². The van der Waals surface area contributed by atoms with Gasteiger partial charge in [-0.15, -0.1) is 0 Å². The van der Waals surface area contributed by atoms with Crippen LogP contribution in [0.15, 0.2) is 11.6 Å². The van der Waals surface area contributed by atoms with E-state index in [4.69, 9.17) is 0 Å². The van der Waals surface area contributed by atoms with E-state index < -0.39 is 0 Å². The summed E-state index contributed by atoms with van der Waals surface area (Å²) in [5.41, 5.74) is 1.54. The fourth-order valence-corrected chi connectivity index (χ4v) is 4.07. The molecule has 0 amide bonds. The first-order valence-corrected chi connectivity index (χ1v) is 6.66. The maximum Gasteiger partial charge on any atom is 0.159 e. The van der Waals surface area contributed by atoms with E-state index in [2.05, 4.69) is 27.7 Å². The molecule has 0 aliphatic heterocycles. The molecule has 1 nitrogen and oxygen atoms in total. The van der Waals surface area contributed by atoms with Gasteiger partial charge < -0.3 is 0 Å². The first-order valence-electron chi connectivity index (χ1n) is 6.66. The molecule has 1 heteroatoms. The zero-order chi connectivity index (χ0) is 11.9. The van der Waals surface area contributed by atoms with E-state index in [-0.39, 0.29) is 5.41 Å². The Labute approximate surface area is 99.3 Å². The van der Waals surface area contributed by atoms with Gasteiger partial charge in [-0.2, -0.15) is 0 Å². The lowest BCUT2D eigenvalue weighted by Crippen LogP contribution is -2.34. The van der Waals surface area contributed by atoms with Crippen molar-refractivity contribution < 1.29 is 4.79 Å². The summed E-state index contributed by atoms with van der Waals surface area (Å²) in [6.45, 7) is 9.09. The lowest BCUT2D eigenvalue weighted by Gasteiger charge is -2.37. The Morgan fingerprint density at radius 1 is 1.38 bits per heavy atom. The summed E-state index contributed by atoms with van der Waals surface area (Å²) in [5.74, 6) is 2.15. The number of allylic oxidation sites excluding steroid dienone is 2. The number of ketones is 1. The van der Waals surface area contributed by atoms with Crippen molar-refractivity contribution in [1.29, 1.82) is 0 Å². The molecule has 0 N–H and O–H groups in total. The van der Waals surface area contributed by atoms with Gasteiger partial charge in [-0.05, 0) is 55.9 Å². The van der Waals surface area contributed by atoms with Crippen molar-refractivity contribution in [3.8, 4) is 0 Å². The normalized spacial score (nSPS) is 39.6. The van der Waals surface area contributed by atoms with Crippen LogP contribution in [0.2, 0.25) is 0 Å². The predicted octanol–water partition coefficient (Wildman–Crippen LogP) is 3.98. The molecule has 0 spiro atoms. The van der Waals surface area contributed by atoms with Gasteiger partial charge >= 0.3 is 0 Å². The van der Waals surface area contributed by atoms with E-state index in [0.717, 1.165) is 18.8 Å². The highest BCUT2D eigenvalue weighted by Crippen LogP contribution is 2.55. The highest BCUT2D eigenvalue weighted by Gasteiger charge is 2.50. The fraction of sp³-hybridized carbons (Fsp3) is 0.800. The third-order valence-electron chi connectivity index (χ3n) is 5.00. The molecule has 3 atom stereocenters. The number of hydrogen-bond donors (Lipinski definition) is 0. The zero-order valence-electron chi connectivity index (χ0n) is 11.0. The molecule has 0 unspecified atom stereocenters. The molecule has 16 heavy (non-hydrogen) atoms. The first-order chi connectivity index (χ1) is 7.45. The zero-order valence-corrected chi connectivity index (χ0v) is 11.0. The Kier molecular flexibility index (Phi) is 2.98. The molecule has 0 aromatic heterocycles. The van der Waals surface area contributed by atoms with Crippen LogP contribution in [0.1, 0.15) is 53.4 Å². The van der Waals surface area contributed by atoms with Crippen molar-refractivity contribution >= 4 is 5.78 Å². The van der Waals surface area contributed by atoms with E-state index >= 15 is 0 Å². The predicted molar refractivity (Wildman–Crippen MR) is 67.2 cm³/mol. The Balaban J connectivity index is 2.31. The standard InChI is InChI=1S/C15H24O/c1-10(2)12-5-6-13-14(16)9-11(3)7-8-15(12,13)4/h9-10,12-13H,5-8H2,1-4H3/t12-,13-,15-/m0/s1. The van der Waals surface area contributed by atoms with Crippen LogP contribution < -0.4 is 0 Å². The first kappa shape index (κ1) is 11.9. The van der Waals surface area contributed by atoms with E-state index in [1.165, 1.54) is 18.4 Å². The molecule has 0 radical (unpaired) electrons. The number of hydrogen-bond acceptors (Lipinski definition) is 1. The highest BCUT2D eigenvalue weighted by molar-refractivity contribution is 5.93. The lowest BCUT2D eigenvalue weighted by molar-refractivity contribution is -0.121. The van der Waals surface area contributed by atoms with Gasteiger partial charge in [-0.1, -0.05) is 26.3 Å². The average molecular weight is 220 g/mol. The largest absolute Gasteiger partial charge is 0.295 e. The Morgan fingerprint density at radius 3 is 2.69 bits per heavy atom. The van der Waals surface area contributed by atoms with Crippen LogP contribution >= 0.6 is 0 Å². The summed E-state index contributed by atoms with van der Waals surface area (Å²) >= 11 is 0. The van der Waals surface area contributed by atoms with Gasteiger partial charge in [0.2, 0.25) is 0 Å². The van der Waals surface area contributed by atoms with E-state index in [9.17, 15) is 4.79 Å². The molecular weight excluding hydrogens is 196 g/mol. The monoisotopic (exact) mass is 220 g/mol. The van der Waals surface area contributed by atoms with Gasteiger partial charge in [-0.3, -0.25) is 4.79 Å². The van der Waals surface area contributed by atoms with Gasteiger partial charge in [0.15, 0.2) is 5.78 Å². The number of fused-ring (bicyclic) bond motifs is 1. The molecule has 2 rings (SSSR count). The number of carbonyl (C=O) groups is 1. The summed E-state index contributed by atoms with van der Waals surface area (Å²) < 4.78 is 0. The molecule has 0 aromatic carbocycles. The van der Waals surface area contributed by atoms with Gasteiger partial charge in [0, 0.05) is 5.92 Å². The average Bonchev–Trinajstić information content (AvgIpc) is 2.48. The molecule has 0 bridgehead atoms.